The third-order valence-corrected chi connectivity index (χ3v) is 4.56. The molecular weight excluding hydrogens is 368 g/mol. The van der Waals surface area contributed by atoms with Gasteiger partial charge in [0, 0.05) is 29.9 Å². The predicted molar refractivity (Wildman–Crippen MR) is 103 cm³/mol. The molecule has 2 N–H and O–H groups in total. The average Bonchev–Trinajstić information content (AvgIpc) is 2.68. The Hall–Kier alpha value is -2.57. The Bertz CT molecular complexity index is 823. The second-order valence-corrected chi connectivity index (χ2v) is 6.72. The third-order valence-electron chi connectivity index (χ3n) is 4.31. The maximum atomic E-state index is 12.4. The van der Waals surface area contributed by atoms with Crippen molar-refractivity contribution in [2.45, 2.75) is 6.42 Å². The molecule has 0 saturated heterocycles. The van der Waals surface area contributed by atoms with E-state index in [0.29, 0.717) is 42.5 Å². The molecule has 2 aromatic rings. The topological polar surface area (TPSA) is 76.7 Å². The van der Waals surface area contributed by atoms with Crippen LogP contribution in [0, 0.1) is 5.92 Å². The third kappa shape index (κ3) is 4.99. The minimum atomic E-state index is -0.267. The Morgan fingerprint density at radius 1 is 1.22 bits per heavy atom. The molecule has 0 bridgehead atoms. The molecular formula is C20H21ClN2O4. The van der Waals surface area contributed by atoms with Gasteiger partial charge < -0.3 is 20.1 Å². The van der Waals surface area contributed by atoms with Crippen LogP contribution in [0.15, 0.2) is 42.5 Å². The molecule has 0 aliphatic carbocycles. The van der Waals surface area contributed by atoms with Crippen LogP contribution in [0.3, 0.4) is 0 Å². The summed E-state index contributed by atoms with van der Waals surface area (Å²) in [5, 5.41) is 6.27. The first-order valence-corrected chi connectivity index (χ1v) is 9.04. The summed E-state index contributed by atoms with van der Waals surface area (Å²) in [4.78, 5) is 24.6. The second kappa shape index (κ2) is 8.88. The van der Waals surface area contributed by atoms with Gasteiger partial charge in [0.15, 0.2) is 0 Å². The van der Waals surface area contributed by atoms with Crippen LogP contribution in [-0.2, 0) is 16.0 Å². The van der Waals surface area contributed by atoms with Crippen molar-refractivity contribution >= 4 is 29.1 Å². The number of hydrogen-bond acceptors (Lipinski definition) is 4. The molecule has 0 aromatic heterocycles. The van der Waals surface area contributed by atoms with Crippen LogP contribution >= 0.6 is 11.6 Å². The van der Waals surface area contributed by atoms with Gasteiger partial charge in [0.2, 0.25) is 5.91 Å². The number of halogens is 1. The molecule has 0 radical (unpaired) electrons. The molecule has 6 nitrogen and oxygen atoms in total. The summed E-state index contributed by atoms with van der Waals surface area (Å²) in [6.45, 7) is 1.27. The maximum absolute atomic E-state index is 12.4. The maximum Gasteiger partial charge on any atom is 0.255 e. The average molecular weight is 389 g/mol. The van der Waals surface area contributed by atoms with Crippen molar-refractivity contribution in [3.05, 3.63) is 58.6 Å². The summed E-state index contributed by atoms with van der Waals surface area (Å²) >= 11 is 5.85. The van der Waals surface area contributed by atoms with Crippen LogP contribution in [0.1, 0.15) is 15.9 Å². The van der Waals surface area contributed by atoms with Gasteiger partial charge in [0.25, 0.3) is 5.91 Å². The van der Waals surface area contributed by atoms with Crippen molar-refractivity contribution in [2.75, 3.05) is 32.2 Å². The number of fused-ring (bicyclic) bond motifs is 1. The molecule has 2 aromatic carbocycles. The summed E-state index contributed by atoms with van der Waals surface area (Å²) < 4.78 is 10.6. The van der Waals surface area contributed by atoms with Gasteiger partial charge in [-0.25, -0.2) is 0 Å². The van der Waals surface area contributed by atoms with E-state index in [1.807, 2.05) is 12.1 Å². The number of hydrogen-bond donors (Lipinski definition) is 2. The van der Waals surface area contributed by atoms with E-state index in [-0.39, 0.29) is 17.7 Å². The van der Waals surface area contributed by atoms with E-state index in [4.69, 9.17) is 21.1 Å². The number of amides is 2. The standard InChI is InChI=1S/C20H21ClN2O4/c1-26-9-8-22-19(24)15-10-14-11-17(6-7-18(14)27-12-15)23-20(25)13-2-4-16(21)5-3-13/h2-7,11,15H,8-10,12H2,1H3,(H,22,24)(H,23,25). The molecule has 27 heavy (non-hydrogen) atoms. The van der Waals surface area contributed by atoms with Crippen LogP contribution in [0.4, 0.5) is 5.69 Å². The van der Waals surface area contributed by atoms with Gasteiger partial charge in [-0.3, -0.25) is 9.59 Å². The number of anilines is 1. The Kier molecular flexibility index (Phi) is 6.32. The van der Waals surface area contributed by atoms with Gasteiger partial charge in [0.1, 0.15) is 12.4 Å². The zero-order valence-corrected chi connectivity index (χ0v) is 15.7. The lowest BCUT2D eigenvalue weighted by Gasteiger charge is -2.25. The Labute approximate surface area is 162 Å². The van der Waals surface area contributed by atoms with Gasteiger partial charge >= 0.3 is 0 Å². The zero-order valence-electron chi connectivity index (χ0n) is 15.0. The van der Waals surface area contributed by atoms with Crippen molar-refractivity contribution < 1.29 is 19.1 Å². The fraction of sp³-hybridized carbons (Fsp3) is 0.300. The number of ether oxygens (including phenoxy) is 2. The summed E-state index contributed by atoms with van der Waals surface area (Å²) in [5.41, 5.74) is 2.06. The molecule has 0 saturated carbocycles. The monoisotopic (exact) mass is 388 g/mol. The van der Waals surface area contributed by atoms with E-state index in [9.17, 15) is 9.59 Å². The zero-order chi connectivity index (χ0) is 19.2. The highest BCUT2D eigenvalue weighted by molar-refractivity contribution is 6.30. The highest BCUT2D eigenvalue weighted by Crippen LogP contribution is 2.30. The molecule has 1 aliphatic rings. The first-order chi connectivity index (χ1) is 13.1. The lowest BCUT2D eigenvalue weighted by Crippen LogP contribution is -2.38. The van der Waals surface area contributed by atoms with Crippen molar-refractivity contribution in [1.82, 2.24) is 5.32 Å². The molecule has 7 heteroatoms. The Morgan fingerprint density at radius 3 is 2.74 bits per heavy atom. The fourth-order valence-electron chi connectivity index (χ4n) is 2.87. The van der Waals surface area contributed by atoms with Crippen LogP contribution in [0.2, 0.25) is 5.02 Å². The highest BCUT2D eigenvalue weighted by atomic mass is 35.5. The molecule has 0 fully saturated rings. The van der Waals surface area contributed by atoms with Crippen molar-refractivity contribution in [3.8, 4) is 5.75 Å². The molecule has 1 heterocycles. The largest absolute Gasteiger partial charge is 0.492 e. The lowest BCUT2D eigenvalue weighted by molar-refractivity contribution is -0.126. The van der Waals surface area contributed by atoms with Gasteiger partial charge in [-0.15, -0.1) is 0 Å². The summed E-state index contributed by atoms with van der Waals surface area (Å²) in [5.74, 6) is 0.183. The van der Waals surface area contributed by atoms with Crippen LogP contribution in [0.5, 0.6) is 5.75 Å². The van der Waals surface area contributed by atoms with Gasteiger partial charge in [-0.05, 0) is 54.4 Å². The molecule has 2 amide bonds. The highest BCUT2D eigenvalue weighted by Gasteiger charge is 2.26. The molecule has 1 aliphatic heterocycles. The quantitative estimate of drug-likeness (QED) is 0.746. The molecule has 1 unspecified atom stereocenters. The Balaban J connectivity index is 1.65. The van der Waals surface area contributed by atoms with E-state index < -0.39 is 0 Å². The number of nitrogens with one attached hydrogen (secondary N) is 2. The molecule has 3 rings (SSSR count). The van der Waals surface area contributed by atoms with Crippen LogP contribution in [0.25, 0.3) is 0 Å². The van der Waals surface area contributed by atoms with Gasteiger partial charge in [-0.1, -0.05) is 11.6 Å². The molecule has 1 atom stereocenters. The number of carbonyl (C=O) groups excluding carboxylic acids is 2. The van der Waals surface area contributed by atoms with Gasteiger partial charge in [0.05, 0.1) is 12.5 Å². The first kappa shape index (κ1) is 19.2. The number of methoxy groups -OCH3 is 1. The first-order valence-electron chi connectivity index (χ1n) is 8.66. The number of carbonyl (C=O) groups is 2. The predicted octanol–water partition coefficient (Wildman–Crippen LogP) is 2.91. The molecule has 0 spiro atoms. The number of rotatable bonds is 6. The number of benzene rings is 2. The van der Waals surface area contributed by atoms with E-state index in [1.165, 1.54) is 0 Å². The SMILES string of the molecule is COCCNC(=O)C1COc2ccc(NC(=O)c3ccc(Cl)cc3)cc2C1. The smallest absolute Gasteiger partial charge is 0.255 e. The second-order valence-electron chi connectivity index (χ2n) is 6.28. The fourth-order valence-corrected chi connectivity index (χ4v) is 2.99. The minimum Gasteiger partial charge on any atom is -0.492 e. The lowest BCUT2D eigenvalue weighted by atomic mass is 9.95. The summed E-state index contributed by atoms with van der Waals surface area (Å²) in [6, 6.07) is 12.1. The van der Waals surface area contributed by atoms with E-state index >= 15 is 0 Å². The van der Waals surface area contributed by atoms with Crippen molar-refractivity contribution in [1.29, 1.82) is 0 Å². The Morgan fingerprint density at radius 2 is 2.00 bits per heavy atom. The van der Waals surface area contributed by atoms with E-state index in [0.717, 1.165) is 11.3 Å². The normalized spacial score (nSPS) is 15.4. The molecule has 142 valence electrons. The van der Waals surface area contributed by atoms with Crippen LogP contribution < -0.4 is 15.4 Å². The van der Waals surface area contributed by atoms with Crippen molar-refractivity contribution in [3.63, 3.8) is 0 Å². The van der Waals surface area contributed by atoms with Gasteiger partial charge in [-0.2, -0.15) is 0 Å². The van der Waals surface area contributed by atoms with Crippen LogP contribution in [-0.4, -0.2) is 38.7 Å². The minimum absolute atomic E-state index is 0.0618. The van der Waals surface area contributed by atoms with Crippen molar-refractivity contribution in [2.24, 2.45) is 5.92 Å². The summed E-state index contributed by atoms with van der Waals surface area (Å²) in [6.07, 6.45) is 0.554. The van der Waals surface area contributed by atoms with E-state index in [2.05, 4.69) is 10.6 Å². The van der Waals surface area contributed by atoms with E-state index in [1.54, 1.807) is 37.4 Å². The summed E-state index contributed by atoms with van der Waals surface area (Å²) in [7, 11) is 1.59.